The fraction of sp³-hybridized carbons (Fsp3) is 0.200. The van der Waals surface area contributed by atoms with E-state index in [1.54, 1.807) is 18.0 Å². The molecule has 2 aromatic carbocycles. The molecular weight excluding hydrogens is 372 g/mol. The van der Waals surface area contributed by atoms with Crippen LogP contribution < -0.4 is 4.74 Å². The molecule has 0 atom stereocenters. The van der Waals surface area contributed by atoms with Crippen molar-refractivity contribution in [1.82, 2.24) is 24.4 Å². The highest BCUT2D eigenvalue weighted by Crippen LogP contribution is 2.18. The summed E-state index contributed by atoms with van der Waals surface area (Å²) in [5, 5.41) is 11.7. The second kappa shape index (κ2) is 7.77. The number of H-pyrrole nitrogens is 1. The summed E-state index contributed by atoms with van der Waals surface area (Å²) in [6.07, 6.45) is 2.58. The first-order chi connectivity index (χ1) is 13.7. The van der Waals surface area contributed by atoms with Crippen molar-refractivity contribution >= 4 is 29.5 Å². The third-order valence-electron chi connectivity index (χ3n) is 4.50. The zero-order valence-electron chi connectivity index (χ0n) is 15.7. The lowest BCUT2D eigenvalue weighted by atomic mass is 10.2. The van der Waals surface area contributed by atoms with Crippen LogP contribution in [0.2, 0.25) is 0 Å². The standard InChI is InChI=1S/C20H20N6OS/c1-3-18-22-16-6-4-5-7-17(16)25(18)13-19-23-24-20(28)26(19)21-12-14-8-10-15(27-2)11-9-14/h4-12H,3,13H2,1-2H3,(H,24,28)/b21-12+. The number of imidazole rings is 1. The van der Waals surface area contributed by atoms with E-state index in [0.29, 0.717) is 17.1 Å². The maximum atomic E-state index is 5.37. The molecule has 0 fully saturated rings. The molecule has 2 aromatic heterocycles. The lowest BCUT2D eigenvalue weighted by Gasteiger charge is -2.07. The van der Waals surface area contributed by atoms with Crippen molar-refractivity contribution in [1.29, 1.82) is 0 Å². The fourth-order valence-corrected chi connectivity index (χ4v) is 3.27. The van der Waals surface area contributed by atoms with Crippen molar-refractivity contribution in [3.63, 3.8) is 0 Å². The van der Waals surface area contributed by atoms with Gasteiger partial charge in [0.25, 0.3) is 0 Å². The molecule has 0 amide bonds. The third-order valence-corrected chi connectivity index (χ3v) is 4.77. The minimum atomic E-state index is 0.447. The highest BCUT2D eigenvalue weighted by Gasteiger charge is 2.13. The van der Waals surface area contributed by atoms with Gasteiger partial charge >= 0.3 is 0 Å². The fourth-order valence-electron chi connectivity index (χ4n) is 3.07. The smallest absolute Gasteiger partial charge is 0.216 e. The molecule has 7 nitrogen and oxygen atoms in total. The van der Waals surface area contributed by atoms with Crippen LogP contribution in [-0.4, -0.2) is 37.7 Å². The monoisotopic (exact) mass is 392 g/mol. The second-order valence-electron chi connectivity index (χ2n) is 6.23. The predicted molar refractivity (Wildman–Crippen MR) is 112 cm³/mol. The summed E-state index contributed by atoms with van der Waals surface area (Å²) < 4.78 is 9.43. The van der Waals surface area contributed by atoms with Crippen LogP contribution in [0.25, 0.3) is 11.0 Å². The first-order valence-corrected chi connectivity index (χ1v) is 9.39. The summed E-state index contributed by atoms with van der Waals surface area (Å²) in [7, 11) is 1.64. The van der Waals surface area contributed by atoms with Crippen molar-refractivity contribution in [2.24, 2.45) is 5.10 Å². The number of methoxy groups -OCH3 is 1. The Morgan fingerprint density at radius 1 is 1.14 bits per heavy atom. The van der Waals surface area contributed by atoms with E-state index in [1.165, 1.54) is 0 Å². The number of hydrogen-bond acceptors (Lipinski definition) is 5. The van der Waals surface area contributed by atoms with Crippen LogP contribution in [0.4, 0.5) is 0 Å². The summed E-state index contributed by atoms with van der Waals surface area (Å²) in [5.74, 6) is 2.52. The normalized spacial score (nSPS) is 11.5. The van der Waals surface area contributed by atoms with Gasteiger partial charge in [-0.1, -0.05) is 19.1 Å². The molecule has 0 unspecified atom stereocenters. The summed E-state index contributed by atoms with van der Waals surface area (Å²) in [5.41, 5.74) is 2.98. The van der Waals surface area contributed by atoms with E-state index in [-0.39, 0.29) is 0 Å². The van der Waals surface area contributed by atoms with Gasteiger partial charge in [0, 0.05) is 6.42 Å². The molecule has 142 valence electrons. The van der Waals surface area contributed by atoms with Crippen molar-refractivity contribution in [2.45, 2.75) is 19.9 Å². The molecule has 0 saturated carbocycles. The number of ether oxygens (including phenoxy) is 1. The van der Waals surface area contributed by atoms with Gasteiger partial charge in [-0.15, -0.1) is 0 Å². The quantitative estimate of drug-likeness (QED) is 0.400. The van der Waals surface area contributed by atoms with Gasteiger partial charge in [-0.3, -0.25) is 5.10 Å². The van der Waals surface area contributed by atoms with Crippen LogP contribution in [0, 0.1) is 4.77 Å². The van der Waals surface area contributed by atoms with E-state index in [0.717, 1.165) is 34.6 Å². The Hall–Kier alpha value is -3.26. The SMILES string of the molecule is CCc1nc2ccccc2n1Cc1n[nH]c(=S)n1/N=C/c1ccc(OC)cc1. The lowest BCUT2D eigenvalue weighted by molar-refractivity contribution is 0.415. The molecule has 0 saturated heterocycles. The number of aromatic nitrogens is 5. The molecule has 0 aliphatic heterocycles. The Morgan fingerprint density at radius 2 is 1.93 bits per heavy atom. The van der Waals surface area contributed by atoms with Crippen molar-refractivity contribution in [3.05, 3.63) is 70.5 Å². The van der Waals surface area contributed by atoms with Crippen LogP contribution in [0.3, 0.4) is 0 Å². The van der Waals surface area contributed by atoms with Gasteiger partial charge in [-0.25, -0.2) is 4.98 Å². The van der Waals surface area contributed by atoms with Gasteiger partial charge in [-0.2, -0.15) is 14.9 Å². The molecule has 0 bridgehead atoms. The van der Waals surface area contributed by atoms with Gasteiger partial charge in [0.05, 0.1) is 30.9 Å². The molecule has 0 radical (unpaired) electrons. The second-order valence-corrected chi connectivity index (χ2v) is 6.62. The molecule has 0 spiro atoms. The Labute approximate surface area is 167 Å². The minimum absolute atomic E-state index is 0.447. The van der Waals surface area contributed by atoms with Crippen molar-refractivity contribution in [2.75, 3.05) is 7.11 Å². The van der Waals surface area contributed by atoms with Crippen LogP contribution >= 0.6 is 12.2 Å². The summed E-state index contributed by atoms with van der Waals surface area (Å²) in [6, 6.07) is 15.7. The molecule has 4 rings (SSSR count). The number of benzene rings is 2. The largest absolute Gasteiger partial charge is 0.497 e. The van der Waals surface area contributed by atoms with Crippen LogP contribution in [0.1, 0.15) is 24.1 Å². The predicted octanol–water partition coefficient (Wildman–Crippen LogP) is 3.79. The van der Waals surface area contributed by atoms with Gasteiger partial charge in [0.2, 0.25) is 4.77 Å². The molecule has 8 heteroatoms. The van der Waals surface area contributed by atoms with Gasteiger partial charge in [0.15, 0.2) is 5.82 Å². The molecule has 2 heterocycles. The Morgan fingerprint density at radius 3 is 2.68 bits per heavy atom. The van der Waals surface area contributed by atoms with Crippen LogP contribution in [0.5, 0.6) is 5.75 Å². The molecule has 4 aromatic rings. The van der Waals surface area contributed by atoms with E-state index in [2.05, 4.69) is 32.9 Å². The average Bonchev–Trinajstić information content (AvgIpc) is 3.27. The van der Waals surface area contributed by atoms with E-state index in [9.17, 15) is 0 Å². The lowest BCUT2D eigenvalue weighted by Crippen LogP contribution is -2.09. The van der Waals surface area contributed by atoms with E-state index < -0.39 is 0 Å². The first-order valence-electron chi connectivity index (χ1n) is 8.98. The first kappa shape index (κ1) is 18.1. The topological polar surface area (TPSA) is 73.0 Å². The third kappa shape index (κ3) is 3.46. The molecule has 0 aliphatic carbocycles. The number of nitrogens with one attached hydrogen (secondary N) is 1. The molecular formula is C20H20N6OS. The number of aryl methyl sites for hydroxylation is 1. The molecule has 1 N–H and O–H groups in total. The highest BCUT2D eigenvalue weighted by molar-refractivity contribution is 7.71. The van der Waals surface area contributed by atoms with E-state index >= 15 is 0 Å². The van der Waals surface area contributed by atoms with Gasteiger partial charge in [0.1, 0.15) is 11.6 Å². The number of fused-ring (bicyclic) bond motifs is 1. The molecule has 0 aliphatic rings. The van der Waals surface area contributed by atoms with Crippen LogP contribution in [-0.2, 0) is 13.0 Å². The maximum absolute atomic E-state index is 5.37. The summed E-state index contributed by atoms with van der Waals surface area (Å²) in [6.45, 7) is 2.62. The Balaban J connectivity index is 1.67. The Kier molecular flexibility index (Phi) is 5.03. The number of para-hydroxylation sites is 2. The highest BCUT2D eigenvalue weighted by atomic mass is 32.1. The number of rotatable bonds is 6. The van der Waals surface area contributed by atoms with E-state index in [1.807, 2.05) is 42.5 Å². The number of aromatic amines is 1. The number of nitrogens with zero attached hydrogens (tertiary/aromatic N) is 5. The number of hydrogen-bond donors (Lipinski definition) is 1. The summed E-state index contributed by atoms with van der Waals surface area (Å²) in [4.78, 5) is 4.71. The van der Waals surface area contributed by atoms with Gasteiger partial charge < -0.3 is 9.30 Å². The van der Waals surface area contributed by atoms with E-state index in [4.69, 9.17) is 21.9 Å². The maximum Gasteiger partial charge on any atom is 0.216 e. The van der Waals surface area contributed by atoms with Crippen molar-refractivity contribution < 1.29 is 4.74 Å². The summed E-state index contributed by atoms with van der Waals surface area (Å²) >= 11 is 5.37. The van der Waals surface area contributed by atoms with Crippen LogP contribution in [0.15, 0.2) is 53.6 Å². The average molecular weight is 392 g/mol. The zero-order valence-corrected chi connectivity index (χ0v) is 16.5. The zero-order chi connectivity index (χ0) is 19.5. The minimum Gasteiger partial charge on any atom is -0.497 e. The van der Waals surface area contributed by atoms with Gasteiger partial charge in [-0.05, 0) is 54.2 Å². The Bertz CT molecular complexity index is 1190. The molecule has 28 heavy (non-hydrogen) atoms. The van der Waals surface area contributed by atoms with Crippen molar-refractivity contribution in [3.8, 4) is 5.75 Å².